The fourth-order valence-electron chi connectivity index (χ4n) is 2.17. The molecule has 0 N–H and O–H groups in total. The molecule has 1 nitrogen and oxygen atoms in total. The Kier molecular flexibility index (Phi) is 8.19. The largest absolute Gasteiger partial charge is 0.351 e. The fraction of sp³-hybridized carbons (Fsp3) is 0.529. The van der Waals surface area contributed by atoms with Crippen LogP contribution in [-0.2, 0) is 13.5 Å². The van der Waals surface area contributed by atoms with E-state index in [1.54, 1.807) is 0 Å². The first-order chi connectivity index (χ1) is 8.63. The van der Waals surface area contributed by atoms with Gasteiger partial charge in [0.1, 0.15) is 0 Å². The van der Waals surface area contributed by atoms with Crippen LogP contribution < -0.4 is 0 Å². The lowest BCUT2D eigenvalue weighted by atomic mass is 10.1. The molecule has 0 aliphatic heterocycles. The molecule has 0 spiro atoms. The van der Waals surface area contributed by atoms with Gasteiger partial charge in [0.2, 0.25) is 0 Å². The van der Waals surface area contributed by atoms with Crippen LogP contribution in [0.4, 0.5) is 0 Å². The molecule has 1 aromatic heterocycles. The molecule has 0 aliphatic rings. The summed E-state index contributed by atoms with van der Waals surface area (Å²) in [5.41, 5.74) is 5.60. The van der Waals surface area contributed by atoms with Crippen molar-refractivity contribution in [1.29, 1.82) is 0 Å². The molecule has 0 aliphatic carbocycles. The van der Waals surface area contributed by atoms with E-state index in [2.05, 4.69) is 45.0 Å². The lowest BCUT2D eigenvalue weighted by Crippen LogP contribution is -1.99. The zero-order valence-corrected chi connectivity index (χ0v) is 13.0. The first-order valence-corrected chi connectivity index (χ1v) is 7.07. The second-order valence-electron chi connectivity index (χ2n) is 4.33. The van der Waals surface area contributed by atoms with Crippen LogP contribution in [0.15, 0.2) is 18.7 Å². The van der Waals surface area contributed by atoms with Crippen LogP contribution in [0.3, 0.4) is 0 Å². The molecule has 18 heavy (non-hydrogen) atoms. The molecule has 1 rings (SSSR count). The molecule has 0 radical (unpaired) electrons. The maximum Gasteiger partial charge on any atom is 0.0218 e. The average Bonchev–Trinajstić information content (AvgIpc) is 2.59. The van der Waals surface area contributed by atoms with Crippen molar-refractivity contribution in [2.45, 2.75) is 53.9 Å². The van der Waals surface area contributed by atoms with Gasteiger partial charge in [-0.3, -0.25) is 0 Å². The molecular weight excluding hydrogens is 218 g/mol. The normalized spacial score (nSPS) is 10.3. The number of allylic oxidation sites excluding steroid dienone is 2. The average molecular weight is 247 g/mol. The van der Waals surface area contributed by atoms with E-state index in [1.807, 2.05) is 26.0 Å². The number of aromatic nitrogens is 1. The minimum Gasteiger partial charge on any atom is -0.351 e. The fourth-order valence-corrected chi connectivity index (χ4v) is 2.17. The Balaban J connectivity index is 0.00000137. The molecule has 0 unspecified atom stereocenters. The van der Waals surface area contributed by atoms with Gasteiger partial charge >= 0.3 is 0 Å². The van der Waals surface area contributed by atoms with Crippen LogP contribution in [0.25, 0.3) is 6.08 Å². The van der Waals surface area contributed by atoms with Crippen LogP contribution in [0.2, 0.25) is 0 Å². The Morgan fingerprint density at radius 1 is 1.22 bits per heavy atom. The Morgan fingerprint density at radius 3 is 2.33 bits per heavy atom. The van der Waals surface area contributed by atoms with E-state index < -0.39 is 0 Å². The summed E-state index contributed by atoms with van der Waals surface area (Å²) in [5, 5.41) is 0. The first-order valence-electron chi connectivity index (χ1n) is 7.07. The summed E-state index contributed by atoms with van der Waals surface area (Å²) in [5.74, 6) is 0. The quantitative estimate of drug-likeness (QED) is 0.629. The van der Waals surface area contributed by atoms with E-state index in [4.69, 9.17) is 0 Å². The summed E-state index contributed by atoms with van der Waals surface area (Å²) < 4.78 is 2.33. The summed E-state index contributed by atoms with van der Waals surface area (Å²) in [6.07, 6.45) is 9.70. The lowest BCUT2D eigenvalue weighted by molar-refractivity contribution is 0.719. The minimum atomic E-state index is 1.18. The van der Waals surface area contributed by atoms with E-state index >= 15 is 0 Å². The van der Waals surface area contributed by atoms with E-state index in [9.17, 15) is 0 Å². The molecular formula is C17H29N. The van der Waals surface area contributed by atoms with Gasteiger partial charge in [0.15, 0.2) is 0 Å². The topological polar surface area (TPSA) is 4.93 Å². The standard InChI is InChI=1S/C15H23N.C2H6/c1-6-8-10-14-12(3)15(11-9-7-2)16(5)13(14)4;1-2/h6,8,10H,1,7,9,11H2,2-5H3;1-2H3/b10-8-;. The zero-order valence-electron chi connectivity index (χ0n) is 13.0. The molecule has 1 heteroatoms. The molecule has 1 aromatic rings. The minimum absolute atomic E-state index is 1.18. The van der Waals surface area contributed by atoms with Gasteiger partial charge in [-0.25, -0.2) is 0 Å². The smallest absolute Gasteiger partial charge is 0.0218 e. The SMILES string of the molecule is C=C/C=C\c1c(C)c(CCCC)n(C)c1C.CC. The number of hydrogen-bond donors (Lipinski definition) is 0. The predicted molar refractivity (Wildman–Crippen MR) is 84.1 cm³/mol. The van der Waals surface area contributed by atoms with Crippen LogP contribution in [0.5, 0.6) is 0 Å². The molecule has 1 heterocycles. The molecule has 102 valence electrons. The van der Waals surface area contributed by atoms with Crippen LogP contribution in [0.1, 0.15) is 56.1 Å². The van der Waals surface area contributed by atoms with Crippen LogP contribution >= 0.6 is 0 Å². The second kappa shape index (κ2) is 8.79. The number of hydrogen-bond acceptors (Lipinski definition) is 0. The highest BCUT2D eigenvalue weighted by Gasteiger charge is 2.12. The highest BCUT2D eigenvalue weighted by Crippen LogP contribution is 2.23. The summed E-state index contributed by atoms with van der Waals surface area (Å²) >= 11 is 0. The van der Waals surface area contributed by atoms with Crippen molar-refractivity contribution in [3.05, 3.63) is 41.2 Å². The van der Waals surface area contributed by atoms with Gasteiger partial charge in [0.25, 0.3) is 0 Å². The predicted octanol–water partition coefficient (Wildman–Crippen LogP) is 5.21. The number of rotatable bonds is 5. The van der Waals surface area contributed by atoms with Crippen molar-refractivity contribution in [2.75, 3.05) is 0 Å². The highest BCUT2D eigenvalue weighted by molar-refractivity contribution is 5.59. The lowest BCUT2D eigenvalue weighted by Gasteiger charge is -2.05. The van der Waals surface area contributed by atoms with Crippen molar-refractivity contribution in [3.8, 4) is 0 Å². The third-order valence-electron chi connectivity index (χ3n) is 3.30. The maximum atomic E-state index is 3.72. The zero-order chi connectivity index (χ0) is 14.1. The van der Waals surface area contributed by atoms with Crippen molar-refractivity contribution >= 4 is 6.08 Å². The third kappa shape index (κ3) is 3.90. The van der Waals surface area contributed by atoms with Gasteiger partial charge in [-0.15, -0.1) is 0 Å². The second-order valence-corrected chi connectivity index (χ2v) is 4.33. The molecule has 0 fully saturated rings. The van der Waals surface area contributed by atoms with Crippen LogP contribution in [0, 0.1) is 13.8 Å². The monoisotopic (exact) mass is 247 g/mol. The Labute approximate surface area is 113 Å². The Bertz CT molecular complexity index is 394. The molecule has 0 bridgehead atoms. The van der Waals surface area contributed by atoms with E-state index in [1.165, 1.54) is 41.8 Å². The molecule has 0 amide bonds. The van der Waals surface area contributed by atoms with Gasteiger partial charge in [-0.2, -0.15) is 0 Å². The summed E-state index contributed by atoms with van der Waals surface area (Å²) in [6.45, 7) is 14.4. The van der Waals surface area contributed by atoms with E-state index in [0.29, 0.717) is 0 Å². The first kappa shape index (κ1) is 16.8. The van der Waals surface area contributed by atoms with Crippen molar-refractivity contribution in [1.82, 2.24) is 4.57 Å². The van der Waals surface area contributed by atoms with Gasteiger partial charge in [0.05, 0.1) is 0 Å². The summed E-state index contributed by atoms with van der Waals surface area (Å²) in [6, 6.07) is 0. The Morgan fingerprint density at radius 2 is 1.83 bits per heavy atom. The van der Waals surface area contributed by atoms with Gasteiger partial charge in [0, 0.05) is 18.4 Å². The maximum absolute atomic E-state index is 3.72. The van der Waals surface area contributed by atoms with Crippen molar-refractivity contribution in [3.63, 3.8) is 0 Å². The van der Waals surface area contributed by atoms with Crippen molar-refractivity contribution in [2.24, 2.45) is 7.05 Å². The van der Waals surface area contributed by atoms with Crippen LogP contribution in [-0.4, -0.2) is 4.57 Å². The Hall–Kier alpha value is -1.24. The highest BCUT2D eigenvalue weighted by atomic mass is 15.0. The molecule has 0 saturated heterocycles. The number of nitrogens with zero attached hydrogens (tertiary/aromatic N) is 1. The number of unbranched alkanes of at least 4 members (excludes halogenated alkanes) is 1. The van der Waals surface area contributed by atoms with Gasteiger partial charge in [-0.1, -0.05) is 52.0 Å². The summed E-state index contributed by atoms with van der Waals surface area (Å²) in [4.78, 5) is 0. The van der Waals surface area contributed by atoms with Gasteiger partial charge in [-0.05, 0) is 37.8 Å². The molecule has 0 aromatic carbocycles. The summed E-state index contributed by atoms with van der Waals surface area (Å²) in [7, 11) is 2.17. The van der Waals surface area contributed by atoms with Crippen molar-refractivity contribution < 1.29 is 0 Å². The molecule has 0 atom stereocenters. The third-order valence-corrected chi connectivity index (χ3v) is 3.30. The molecule has 0 saturated carbocycles. The van der Waals surface area contributed by atoms with Gasteiger partial charge < -0.3 is 4.57 Å². The van der Waals surface area contributed by atoms with E-state index in [-0.39, 0.29) is 0 Å². The van der Waals surface area contributed by atoms with E-state index in [0.717, 1.165) is 0 Å².